The van der Waals surface area contributed by atoms with Crippen LogP contribution in [0.15, 0.2) is 41.0 Å². The van der Waals surface area contributed by atoms with Crippen LogP contribution in [0.5, 0.6) is 0 Å². The monoisotopic (exact) mass is 445 g/mol. The summed E-state index contributed by atoms with van der Waals surface area (Å²) in [5.41, 5.74) is 7.07. The molecule has 0 aromatic carbocycles. The number of fused-ring (bicyclic) bond motifs is 2. The molecule has 1 aliphatic heterocycles. The van der Waals surface area contributed by atoms with E-state index in [1.807, 2.05) is 19.1 Å². The van der Waals surface area contributed by atoms with Gasteiger partial charge < -0.3 is 19.9 Å². The molecule has 9 nitrogen and oxygen atoms in total. The number of nitrogens with zero attached hydrogens (tertiary/aromatic N) is 4. The molecule has 0 saturated heterocycles. The Labute approximate surface area is 167 Å². The molecule has 0 fully saturated rings. The molecule has 1 unspecified atom stereocenters. The standard InChI is InChI=1S/C18H16BrN5O4/c1-10-14-4-5-15(17(26)28-18(20)27)23(14)7-6-22(10)16(25)13-8-12-3-2-11(19)9-24(12)21-13/h2-5,8-10H,6-7H2,1H3,(H2,20,27). The zero-order valence-electron chi connectivity index (χ0n) is 14.8. The molecule has 0 radical (unpaired) electrons. The van der Waals surface area contributed by atoms with Gasteiger partial charge in [0, 0.05) is 29.5 Å². The number of aromatic nitrogens is 3. The van der Waals surface area contributed by atoms with Crippen molar-refractivity contribution in [3.8, 4) is 0 Å². The van der Waals surface area contributed by atoms with Crippen LogP contribution in [0.4, 0.5) is 4.79 Å². The topological polar surface area (TPSA) is 112 Å². The molecule has 4 rings (SSSR count). The zero-order chi connectivity index (χ0) is 20.0. The molecule has 0 saturated carbocycles. The highest BCUT2D eigenvalue weighted by Gasteiger charge is 2.32. The highest BCUT2D eigenvalue weighted by Crippen LogP contribution is 2.29. The number of nitrogens with two attached hydrogens (primary N) is 1. The molecule has 4 heterocycles. The summed E-state index contributed by atoms with van der Waals surface area (Å²) in [5, 5.41) is 4.37. The lowest BCUT2D eigenvalue weighted by atomic mass is 10.1. The summed E-state index contributed by atoms with van der Waals surface area (Å²) in [6, 6.07) is 8.51. The van der Waals surface area contributed by atoms with Crippen molar-refractivity contribution in [3.05, 3.63) is 58.1 Å². The van der Waals surface area contributed by atoms with Crippen molar-refractivity contribution in [2.24, 2.45) is 5.73 Å². The Morgan fingerprint density at radius 1 is 1.21 bits per heavy atom. The molecule has 1 aliphatic rings. The van der Waals surface area contributed by atoms with Crippen LogP contribution in [0.3, 0.4) is 0 Å². The smallest absolute Gasteiger partial charge is 0.372 e. The first-order valence-corrected chi connectivity index (χ1v) is 9.31. The summed E-state index contributed by atoms with van der Waals surface area (Å²) in [6.45, 7) is 2.65. The number of hydrogen-bond acceptors (Lipinski definition) is 5. The minimum Gasteiger partial charge on any atom is -0.372 e. The van der Waals surface area contributed by atoms with Crippen molar-refractivity contribution in [2.75, 3.05) is 6.54 Å². The molecule has 0 aliphatic carbocycles. The molecule has 2 N–H and O–H groups in total. The highest BCUT2D eigenvalue weighted by atomic mass is 79.9. The second-order valence-corrected chi connectivity index (χ2v) is 7.34. The van der Waals surface area contributed by atoms with E-state index in [1.54, 1.807) is 38.4 Å². The molecule has 28 heavy (non-hydrogen) atoms. The van der Waals surface area contributed by atoms with Crippen molar-refractivity contribution in [3.63, 3.8) is 0 Å². The lowest BCUT2D eigenvalue weighted by Crippen LogP contribution is -2.41. The van der Waals surface area contributed by atoms with Crippen LogP contribution in [-0.2, 0) is 11.3 Å². The van der Waals surface area contributed by atoms with Gasteiger partial charge in [0.05, 0.1) is 11.6 Å². The number of halogens is 1. The number of pyridine rings is 1. The fourth-order valence-electron chi connectivity index (χ4n) is 3.47. The van der Waals surface area contributed by atoms with E-state index < -0.39 is 12.1 Å². The van der Waals surface area contributed by atoms with E-state index in [4.69, 9.17) is 5.73 Å². The Kier molecular flexibility index (Phi) is 4.42. The van der Waals surface area contributed by atoms with Gasteiger partial charge in [-0.15, -0.1) is 0 Å². The quantitative estimate of drug-likeness (QED) is 0.480. The average molecular weight is 446 g/mol. The third-order valence-electron chi connectivity index (χ3n) is 4.78. The van der Waals surface area contributed by atoms with E-state index in [2.05, 4.69) is 25.8 Å². The first kappa shape index (κ1) is 18.2. The average Bonchev–Trinajstić information content (AvgIpc) is 3.25. The maximum absolute atomic E-state index is 13.0. The van der Waals surface area contributed by atoms with Gasteiger partial charge in [-0.2, -0.15) is 5.10 Å². The van der Waals surface area contributed by atoms with Crippen LogP contribution in [0.2, 0.25) is 0 Å². The molecule has 144 valence electrons. The Morgan fingerprint density at radius 2 is 2.00 bits per heavy atom. The predicted octanol–water partition coefficient (Wildman–Crippen LogP) is 2.35. The number of rotatable bonds is 2. The SMILES string of the molecule is CC1c2ccc(C(=O)OC(N)=O)n2CCN1C(=O)c1cc2ccc(Br)cn2n1. The Balaban J connectivity index is 1.61. The second-order valence-electron chi connectivity index (χ2n) is 6.42. The first-order valence-electron chi connectivity index (χ1n) is 8.52. The van der Waals surface area contributed by atoms with Gasteiger partial charge in [0.15, 0.2) is 5.69 Å². The zero-order valence-corrected chi connectivity index (χ0v) is 16.4. The Bertz CT molecular complexity index is 1120. The van der Waals surface area contributed by atoms with Gasteiger partial charge in [0.2, 0.25) is 0 Å². The molecular weight excluding hydrogens is 430 g/mol. The lowest BCUT2D eigenvalue weighted by Gasteiger charge is -2.35. The molecule has 0 spiro atoms. The number of amides is 2. The minimum absolute atomic E-state index is 0.193. The minimum atomic E-state index is -1.15. The van der Waals surface area contributed by atoms with Crippen molar-refractivity contribution >= 4 is 39.4 Å². The number of ether oxygens (including phenoxy) is 1. The van der Waals surface area contributed by atoms with E-state index in [-0.39, 0.29) is 17.6 Å². The summed E-state index contributed by atoms with van der Waals surface area (Å²) in [7, 11) is 0. The normalized spacial score (nSPS) is 16.1. The molecule has 0 bridgehead atoms. The van der Waals surface area contributed by atoms with Gasteiger partial charge in [-0.05, 0) is 53.2 Å². The van der Waals surface area contributed by atoms with E-state index in [9.17, 15) is 14.4 Å². The number of carbonyl (C=O) groups is 3. The van der Waals surface area contributed by atoms with Crippen molar-refractivity contribution in [1.82, 2.24) is 19.1 Å². The fourth-order valence-corrected chi connectivity index (χ4v) is 3.80. The fraction of sp³-hybridized carbons (Fsp3) is 0.222. The molecule has 10 heteroatoms. The molecular formula is C18H16BrN5O4. The van der Waals surface area contributed by atoms with E-state index in [0.717, 1.165) is 15.7 Å². The van der Waals surface area contributed by atoms with E-state index in [0.29, 0.717) is 18.8 Å². The third-order valence-corrected chi connectivity index (χ3v) is 5.25. The largest absolute Gasteiger partial charge is 0.412 e. The third kappa shape index (κ3) is 3.05. The highest BCUT2D eigenvalue weighted by molar-refractivity contribution is 9.10. The number of esters is 1. The molecule has 3 aromatic rings. The van der Waals surface area contributed by atoms with Crippen LogP contribution >= 0.6 is 15.9 Å². The maximum atomic E-state index is 13.0. The summed E-state index contributed by atoms with van der Waals surface area (Å²) in [5.74, 6) is -1.00. The summed E-state index contributed by atoms with van der Waals surface area (Å²) in [6.07, 6.45) is 0.632. The van der Waals surface area contributed by atoms with Gasteiger partial charge in [-0.1, -0.05) is 0 Å². The second kappa shape index (κ2) is 6.79. The van der Waals surface area contributed by atoms with Crippen LogP contribution < -0.4 is 5.73 Å². The number of carbonyl (C=O) groups excluding carboxylic acids is 3. The lowest BCUT2D eigenvalue weighted by molar-refractivity contribution is 0.0604. The van der Waals surface area contributed by atoms with Gasteiger partial charge in [0.1, 0.15) is 5.69 Å². The van der Waals surface area contributed by atoms with Gasteiger partial charge >= 0.3 is 12.1 Å². The van der Waals surface area contributed by atoms with Gasteiger partial charge in [0.25, 0.3) is 5.91 Å². The number of hydrogen-bond donors (Lipinski definition) is 1. The van der Waals surface area contributed by atoms with Crippen LogP contribution in [0, 0.1) is 0 Å². The van der Waals surface area contributed by atoms with Crippen LogP contribution in [-0.4, -0.2) is 43.6 Å². The van der Waals surface area contributed by atoms with Crippen LogP contribution in [0.1, 0.15) is 39.6 Å². The molecule has 1 atom stereocenters. The first-order chi connectivity index (χ1) is 13.3. The van der Waals surface area contributed by atoms with Crippen molar-refractivity contribution in [1.29, 1.82) is 0 Å². The summed E-state index contributed by atoms with van der Waals surface area (Å²) in [4.78, 5) is 37.6. The summed E-state index contributed by atoms with van der Waals surface area (Å²) < 4.78 is 8.71. The van der Waals surface area contributed by atoms with E-state index in [1.165, 1.54) is 0 Å². The van der Waals surface area contributed by atoms with Crippen molar-refractivity contribution in [2.45, 2.75) is 19.5 Å². The van der Waals surface area contributed by atoms with Crippen LogP contribution in [0.25, 0.3) is 5.52 Å². The molecule has 2 amide bonds. The summed E-state index contributed by atoms with van der Waals surface area (Å²) >= 11 is 3.39. The number of primary amides is 1. The van der Waals surface area contributed by atoms with E-state index >= 15 is 0 Å². The van der Waals surface area contributed by atoms with Crippen molar-refractivity contribution < 1.29 is 19.1 Å². The van der Waals surface area contributed by atoms with Gasteiger partial charge in [-0.3, -0.25) is 4.79 Å². The molecule has 3 aromatic heterocycles. The Hall–Kier alpha value is -3.14. The maximum Gasteiger partial charge on any atom is 0.412 e. The predicted molar refractivity (Wildman–Crippen MR) is 102 cm³/mol. The van der Waals surface area contributed by atoms with Gasteiger partial charge in [-0.25, -0.2) is 14.1 Å². The Morgan fingerprint density at radius 3 is 2.75 bits per heavy atom.